The lowest BCUT2D eigenvalue weighted by Crippen LogP contribution is -2.11. The lowest BCUT2D eigenvalue weighted by molar-refractivity contribution is 0.115. The van der Waals surface area contributed by atoms with Crippen LogP contribution in [-0.2, 0) is 17.9 Å². The number of methoxy groups -OCH3 is 1. The van der Waals surface area contributed by atoms with E-state index in [9.17, 15) is 0 Å². The Labute approximate surface area is 96.2 Å². The smallest absolute Gasteiger partial charge is 0.154 e. The van der Waals surface area contributed by atoms with Crippen molar-refractivity contribution in [1.82, 2.24) is 20.2 Å². The van der Waals surface area contributed by atoms with Gasteiger partial charge >= 0.3 is 0 Å². The van der Waals surface area contributed by atoms with Gasteiger partial charge in [0.1, 0.15) is 6.73 Å². The van der Waals surface area contributed by atoms with E-state index in [0.717, 1.165) is 18.2 Å². The lowest BCUT2D eigenvalue weighted by atomic mass is 9.86. The number of tetrazole rings is 1. The van der Waals surface area contributed by atoms with Crippen molar-refractivity contribution in [2.24, 2.45) is 5.92 Å². The summed E-state index contributed by atoms with van der Waals surface area (Å²) in [5.41, 5.74) is 0. The van der Waals surface area contributed by atoms with Crippen LogP contribution in [0.15, 0.2) is 0 Å². The summed E-state index contributed by atoms with van der Waals surface area (Å²) in [6.07, 6.45) is 9.15. The molecule has 0 spiro atoms. The van der Waals surface area contributed by atoms with Crippen molar-refractivity contribution in [3.05, 3.63) is 5.82 Å². The molecule has 1 heterocycles. The summed E-state index contributed by atoms with van der Waals surface area (Å²) in [6, 6.07) is 0. The van der Waals surface area contributed by atoms with Crippen molar-refractivity contribution in [2.75, 3.05) is 7.11 Å². The highest BCUT2D eigenvalue weighted by molar-refractivity contribution is 4.82. The van der Waals surface area contributed by atoms with E-state index in [0.29, 0.717) is 6.73 Å². The van der Waals surface area contributed by atoms with Gasteiger partial charge in [0, 0.05) is 13.5 Å². The maximum absolute atomic E-state index is 5.04. The molecule has 0 saturated heterocycles. The van der Waals surface area contributed by atoms with Gasteiger partial charge < -0.3 is 4.74 Å². The van der Waals surface area contributed by atoms with Crippen molar-refractivity contribution in [1.29, 1.82) is 0 Å². The second-order valence-corrected chi connectivity index (χ2v) is 4.56. The summed E-state index contributed by atoms with van der Waals surface area (Å²) >= 11 is 0. The fraction of sp³-hybridized carbons (Fsp3) is 0.909. The molecule has 0 N–H and O–H groups in total. The summed E-state index contributed by atoms with van der Waals surface area (Å²) in [7, 11) is 1.66. The van der Waals surface area contributed by atoms with Gasteiger partial charge in [-0.3, -0.25) is 0 Å². The Hall–Kier alpha value is -0.970. The largest absolute Gasteiger partial charge is 0.362 e. The number of hydrogen-bond acceptors (Lipinski definition) is 4. The molecule has 0 unspecified atom stereocenters. The van der Waals surface area contributed by atoms with Crippen molar-refractivity contribution < 1.29 is 4.74 Å². The van der Waals surface area contributed by atoms with Crippen LogP contribution in [0.5, 0.6) is 0 Å². The van der Waals surface area contributed by atoms with Gasteiger partial charge in [-0.1, -0.05) is 32.1 Å². The summed E-state index contributed by atoms with van der Waals surface area (Å²) < 4.78 is 6.78. The minimum atomic E-state index is 0.451. The predicted octanol–water partition coefficient (Wildman–Crippen LogP) is 1.79. The lowest BCUT2D eigenvalue weighted by Gasteiger charge is -2.20. The van der Waals surface area contributed by atoms with Gasteiger partial charge in [-0.25, -0.2) is 4.68 Å². The summed E-state index contributed by atoms with van der Waals surface area (Å²) in [5.74, 6) is 1.83. The maximum atomic E-state index is 5.04. The standard InChI is InChI=1S/C11H20N4O/c1-16-9-15-11(12-13-14-15)8-7-10-5-3-2-4-6-10/h10H,2-9H2,1H3. The minimum Gasteiger partial charge on any atom is -0.362 e. The Balaban J connectivity index is 1.81. The number of nitrogens with zero attached hydrogens (tertiary/aromatic N) is 4. The third-order valence-corrected chi connectivity index (χ3v) is 3.36. The molecule has 1 aliphatic carbocycles. The number of aryl methyl sites for hydroxylation is 1. The summed E-state index contributed by atoms with van der Waals surface area (Å²) in [4.78, 5) is 0. The second kappa shape index (κ2) is 5.94. The molecule has 1 aromatic rings. The molecule has 0 atom stereocenters. The first-order valence-corrected chi connectivity index (χ1v) is 6.14. The van der Waals surface area contributed by atoms with E-state index in [2.05, 4.69) is 15.5 Å². The van der Waals surface area contributed by atoms with Gasteiger partial charge in [0.05, 0.1) is 0 Å². The van der Waals surface area contributed by atoms with Gasteiger partial charge in [0.2, 0.25) is 0 Å². The number of aromatic nitrogens is 4. The van der Waals surface area contributed by atoms with Crippen LogP contribution < -0.4 is 0 Å². The Morgan fingerprint density at radius 2 is 2.12 bits per heavy atom. The molecular formula is C11H20N4O. The zero-order chi connectivity index (χ0) is 11.2. The van der Waals surface area contributed by atoms with Crippen LogP contribution in [0.4, 0.5) is 0 Å². The van der Waals surface area contributed by atoms with Gasteiger partial charge in [-0.05, 0) is 22.8 Å². The molecule has 0 bridgehead atoms. The maximum Gasteiger partial charge on any atom is 0.154 e. The van der Waals surface area contributed by atoms with Gasteiger partial charge in [0.25, 0.3) is 0 Å². The molecular weight excluding hydrogens is 204 g/mol. The van der Waals surface area contributed by atoms with Crippen LogP contribution in [-0.4, -0.2) is 27.3 Å². The number of rotatable bonds is 5. The van der Waals surface area contributed by atoms with E-state index in [1.165, 1.54) is 38.5 Å². The van der Waals surface area contributed by atoms with Crippen molar-refractivity contribution in [3.63, 3.8) is 0 Å². The molecule has 1 aliphatic rings. The zero-order valence-corrected chi connectivity index (χ0v) is 9.93. The number of ether oxygens (including phenoxy) is 1. The molecule has 90 valence electrons. The van der Waals surface area contributed by atoms with Crippen molar-refractivity contribution >= 4 is 0 Å². The fourth-order valence-corrected chi connectivity index (χ4v) is 2.43. The highest BCUT2D eigenvalue weighted by Crippen LogP contribution is 2.27. The highest BCUT2D eigenvalue weighted by atomic mass is 16.5. The molecule has 1 aromatic heterocycles. The van der Waals surface area contributed by atoms with Crippen molar-refractivity contribution in [3.8, 4) is 0 Å². The molecule has 0 aromatic carbocycles. The third kappa shape index (κ3) is 3.01. The SMILES string of the molecule is COCn1nnnc1CCC1CCCCC1. The monoisotopic (exact) mass is 224 g/mol. The molecule has 1 saturated carbocycles. The van der Waals surface area contributed by atoms with E-state index in [4.69, 9.17) is 4.74 Å². The van der Waals surface area contributed by atoms with Gasteiger partial charge in [0.15, 0.2) is 5.82 Å². The number of hydrogen-bond donors (Lipinski definition) is 0. The minimum absolute atomic E-state index is 0.451. The van der Waals surface area contributed by atoms with Crippen LogP contribution in [0.25, 0.3) is 0 Å². The first-order valence-electron chi connectivity index (χ1n) is 6.14. The molecule has 5 heteroatoms. The summed E-state index contributed by atoms with van der Waals surface area (Å²) in [6.45, 7) is 0.451. The van der Waals surface area contributed by atoms with Crippen LogP contribution in [0, 0.1) is 5.92 Å². The van der Waals surface area contributed by atoms with Gasteiger partial charge in [-0.15, -0.1) is 5.10 Å². The molecule has 0 amide bonds. The molecule has 0 radical (unpaired) electrons. The quantitative estimate of drug-likeness (QED) is 0.765. The topological polar surface area (TPSA) is 52.8 Å². The predicted molar refractivity (Wildman–Crippen MR) is 59.7 cm³/mol. The van der Waals surface area contributed by atoms with Crippen molar-refractivity contribution in [2.45, 2.75) is 51.7 Å². The summed E-state index contributed by atoms with van der Waals surface area (Å²) in [5, 5.41) is 11.6. The van der Waals surface area contributed by atoms with Crippen LogP contribution >= 0.6 is 0 Å². The van der Waals surface area contributed by atoms with Gasteiger partial charge in [-0.2, -0.15) is 0 Å². The molecule has 1 fully saturated rings. The van der Waals surface area contributed by atoms with E-state index < -0.39 is 0 Å². The Morgan fingerprint density at radius 1 is 1.31 bits per heavy atom. The van der Waals surface area contributed by atoms with Crippen LogP contribution in [0.3, 0.4) is 0 Å². The van der Waals surface area contributed by atoms with Crippen LogP contribution in [0.2, 0.25) is 0 Å². The first kappa shape index (κ1) is 11.5. The van der Waals surface area contributed by atoms with Crippen LogP contribution in [0.1, 0.15) is 44.3 Å². The molecule has 0 aliphatic heterocycles. The Bertz CT molecular complexity index is 307. The van der Waals surface area contributed by atoms with E-state index in [-0.39, 0.29) is 0 Å². The zero-order valence-electron chi connectivity index (χ0n) is 9.93. The van der Waals surface area contributed by atoms with E-state index in [1.807, 2.05) is 0 Å². The highest BCUT2D eigenvalue weighted by Gasteiger charge is 2.15. The van der Waals surface area contributed by atoms with E-state index >= 15 is 0 Å². The molecule has 16 heavy (non-hydrogen) atoms. The molecule has 2 rings (SSSR count). The normalized spacial score (nSPS) is 17.8. The Morgan fingerprint density at radius 3 is 2.88 bits per heavy atom. The average Bonchev–Trinajstić information content (AvgIpc) is 2.76. The second-order valence-electron chi connectivity index (χ2n) is 4.56. The average molecular weight is 224 g/mol. The third-order valence-electron chi connectivity index (χ3n) is 3.36. The molecule has 5 nitrogen and oxygen atoms in total. The first-order chi connectivity index (χ1) is 7.90. The van der Waals surface area contributed by atoms with E-state index in [1.54, 1.807) is 11.8 Å². The fourth-order valence-electron chi connectivity index (χ4n) is 2.43. The Kier molecular flexibility index (Phi) is 4.27.